The average Bonchev–Trinajstić information content (AvgIpc) is 2.57. The lowest BCUT2D eigenvalue weighted by Gasteiger charge is -2.20. The van der Waals surface area contributed by atoms with Crippen LogP contribution >= 0.6 is 15.9 Å². The molecule has 0 bridgehead atoms. The Balaban J connectivity index is 1.96. The maximum absolute atomic E-state index is 12.4. The van der Waals surface area contributed by atoms with Crippen LogP contribution in [0.15, 0.2) is 46.9 Å². The molecule has 7 heteroatoms. The van der Waals surface area contributed by atoms with Gasteiger partial charge in [-0.05, 0) is 72.1 Å². The maximum Gasteiger partial charge on any atom is 0.316 e. The van der Waals surface area contributed by atoms with Gasteiger partial charge >= 0.3 is 6.03 Å². The number of carbonyl (C=O) groups is 2. The van der Waals surface area contributed by atoms with E-state index in [1.807, 2.05) is 44.2 Å². The molecular formula is C19H22BrN3O3. The van der Waals surface area contributed by atoms with Crippen molar-refractivity contribution in [1.29, 1.82) is 0 Å². The van der Waals surface area contributed by atoms with Crippen molar-refractivity contribution in [2.24, 2.45) is 5.73 Å². The van der Waals surface area contributed by atoms with Crippen LogP contribution in [0.2, 0.25) is 0 Å². The van der Waals surface area contributed by atoms with Crippen LogP contribution in [0.25, 0.3) is 0 Å². The molecule has 0 aliphatic heterocycles. The number of halogens is 1. The van der Waals surface area contributed by atoms with Crippen molar-refractivity contribution >= 4 is 33.6 Å². The zero-order chi connectivity index (χ0) is 19.3. The monoisotopic (exact) mass is 419 g/mol. The normalized spacial score (nSPS) is 12.8. The SMILES string of the molecule is Cc1ccc(OC(C)C(=O)NC(C)c2ccc(NC(N)=O)cc2)c(Br)c1. The van der Waals surface area contributed by atoms with Crippen molar-refractivity contribution in [3.05, 3.63) is 58.1 Å². The first-order valence-corrected chi connectivity index (χ1v) is 8.95. The van der Waals surface area contributed by atoms with Crippen LogP contribution in [0.5, 0.6) is 5.75 Å². The van der Waals surface area contributed by atoms with E-state index in [0.29, 0.717) is 11.4 Å². The van der Waals surface area contributed by atoms with Crippen LogP contribution in [-0.4, -0.2) is 18.0 Å². The molecular weight excluding hydrogens is 398 g/mol. The highest BCUT2D eigenvalue weighted by Crippen LogP contribution is 2.26. The molecule has 0 fully saturated rings. The fraction of sp³-hybridized carbons (Fsp3) is 0.263. The van der Waals surface area contributed by atoms with Gasteiger partial charge in [0.1, 0.15) is 5.75 Å². The Hall–Kier alpha value is -2.54. The molecule has 2 rings (SSSR count). The smallest absolute Gasteiger partial charge is 0.316 e. The molecule has 138 valence electrons. The van der Waals surface area contributed by atoms with E-state index in [0.717, 1.165) is 15.6 Å². The molecule has 26 heavy (non-hydrogen) atoms. The Morgan fingerprint density at radius 3 is 2.35 bits per heavy atom. The summed E-state index contributed by atoms with van der Waals surface area (Å²) < 4.78 is 6.55. The van der Waals surface area contributed by atoms with Crippen molar-refractivity contribution in [3.8, 4) is 5.75 Å². The zero-order valence-corrected chi connectivity index (χ0v) is 16.5. The van der Waals surface area contributed by atoms with E-state index in [2.05, 4.69) is 26.6 Å². The summed E-state index contributed by atoms with van der Waals surface area (Å²) in [4.78, 5) is 23.2. The van der Waals surface area contributed by atoms with Crippen LogP contribution in [-0.2, 0) is 4.79 Å². The summed E-state index contributed by atoms with van der Waals surface area (Å²) in [5.41, 5.74) is 7.68. The largest absolute Gasteiger partial charge is 0.480 e. The van der Waals surface area contributed by atoms with Gasteiger partial charge in [0, 0.05) is 5.69 Å². The lowest BCUT2D eigenvalue weighted by atomic mass is 10.1. The second-order valence-corrected chi connectivity index (χ2v) is 6.89. The van der Waals surface area contributed by atoms with Crippen molar-refractivity contribution in [2.75, 3.05) is 5.32 Å². The number of carbonyl (C=O) groups excluding carboxylic acids is 2. The standard InChI is InChI=1S/C19H22BrN3O3/c1-11-4-9-17(16(20)10-11)26-13(3)18(24)22-12(2)14-5-7-15(8-6-14)23-19(21)25/h4-10,12-13H,1-3H3,(H,22,24)(H3,21,23,25). The van der Waals surface area contributed by atoms with Crippen LogP contribution in [0.4, 0.5) is 10.5 Å². The quantitative estimate of drug-likeness (QED) is 0.662. The molecule has 0 radical (unpaired) electrons. The second kappa shape index (κ2) is 8.71. The Bertz CT molecular complexity index is 793. The summed E-state index contributed by atoms with van der Waals surface area (Å²) in [6.07, 6.45) is -0.646. The van der Waals surface area contributed by atoms with Gasteiger partial charge in [-0.1, -0.05) is 18.2 Å². The number of hydrogen-bond acceptors (Lipinski definition) is 3. The second-order valence-electron chi connectivity index (χ2n) is 6.04. The minimum atomic E-state index is -0.646. The highest BCUT2D eigenvalue weighted by atomic mass is 79.9. The van der Waals surface area contributed by atoms with Crippen LogP contribution in [0, 0.1) is 6.92 Å². The van der Waals surface area contributed by atoms with Gasteiger partial charge in [-0.2, -0.15) is 0 Å². The molecule has 2 aromatic rings. The van der Waals surface area contributed by atoms with E-state index in [9.17, 15) is 9.59 Å². The molecule has 2 aromatic carbocycles. The highest BCUT2D eigenvalue weighted by molar-refractivity contribution is 9.10. The van der Waals surface area contributed by atoms with Gasteiger partial charge in [0.25, 0.3) is 5.91 Å². The summed E-state index contributed by atoms with van der Waals surface area (Å²) >= 11 is 3.44. The summed E-state index contributed by atoms with van der Waals surface area (Å²) in [5, 5.41) is 5.41. The first kappa shape index (κ1) is 19.8. The molecule has 0 aliphatic rings. The molecule has 3 amide bonds. The van der Waals surface area contributed by atoms with Gasteiger partial charge < -0.3 is 21.1 Å². The van der Waals surface area contributed by atoms with E-state index in [-0.39, 0.29) is 11.9 Å². The number of hydrogen-bond donors (Lipinski definition) is 3. The zero-order valence-electron chi connectivity index (χ0n) is 14.9. The number of aryl methyl sites for hydroxylation is 1. The summed E-state index contributed by atoms with van der Waals surface area (Å²) in [6, 6.07) is 12.0. The molecule has 6 nitrogen and oxygen atoms in total. The van der Waals surface area contributed by atoms with Gasteiger partial charge in [-0.25, -0.2) is 4.79 Å². The number of anilines is 1. The van der Waals surface area contributed by atoms with Crippen molar-refractivity contribution < 1.29 is 14.3 Å². The number of ether oxygens (including phenoxy) is 1. The van der Waals surface area contributed by atoms with Gasteiger partial charge in [-0.3, -0.25) is 4.79 Å². The molecule has 4 N–H and O–H groups in total. The third kappa shape index (κ3) is 5.49. The van der Waals surface area contributed by atoms with Crippen molar-refractivity contribution in [2.45, 2.75) is 32.9 Å². The van der Waals surface area contributed by atoms with Gasteiger partial charge in [-0.15, -0.1) is 0 Å². The molecule has 0 saturated heterocycles. The number of nitrogens with one attached hydrogen (secondary N) is 2. The number of benzene rings is 2. The molecule has 0 aromatic heterocycles. The molecule has 0 heterocycles. The Morgan fingerprint density at radius 1 is 1.12 bits per heavy atom. The van der Waals surface area contributed by atoms with Gasteiger partial charge in [0.2, 0.25) is 0 Å². The van der Waals surface area contributed by atoms with Crippen molar-refractivity contribution in [1.82, 2.24) is 5.32 Å². The van der Waals surface area contributed by atoms with E-state index in [1.165, 1.54) is 0 Å². The van der Waals surface area contributed by atoms with E-state index in [1.54, 1.807) is 19.1 Å². The number of rotatable bonds is 6. The minimum Gasteiger partial charge on any atom is -0.480 e. The Morgan fingerprint density at radius 2 is 1.77 bits per heavy atom. The Labute approximate surface area is 161 Å². The lowest BCUT2D eigenvalue weighted by Crippen LogP contribution is -2.37. The van der Waals surface area contributed by atoms with Crippen LogP contribution in [0.1, 0.15) is 31.0 Å². The molecule has 0 saturated carbocycles. The number of primary amides is 1. The molecule has 2 atom stereocenters. The summed E-state index contributed by atoms with van der Waals surface area (Å²) in [5.74, 6) is 0.400. The predicted octanol–water partition coefficient (Wildman–Crippen LogP) is 3.89. The maximum atomic E-state index is 12.4. The summed E-state index contributed by atoms with van der Waals surface area (Å²) in [7, 11) is 0. The van der Waals surface area contributed by atoms with Crippen LogP contribution in [0.3, 0.4) is 0 Å². The number of urea groups is 1. The first-order chi connectivity index (χ1) is 12.3. The Kier molecular flexibility index (Phi) is 6.63. The van der Waals surface area contributed by atoms with E-state index >= 15 is 0 Å². The summed E-state index contributed by atoms with van der Waals surface area (Å²) in [6.45, 7) is 5.56. The lowest BCUT2D eigenvalue weighted by molar-refractivity contribution is -0.127. The molecule has 0 aliphatic carbocycles. The third-order valence-electron chi connectivity index (χ3n) is 3.80. The van der Waals surface area contributed by atoms with E-state index in [4.69, 9.17) is 10.5 Å². The van der Waals surface area contributed by atoms with Crippen LogP contribution < -0.4 is 21.1 Å². The van der Waals surface area contributed by atoms with E-state index < -0.39 is 12.1 Å². The first-order valence-electron chi connectivity index (χ1n) is 8.16. The number of amides is 3. The predicted molar refractivity (Wildman–Crippen MR) is 105 cm³/mol. The molecule has 0 spiro atoms. The van der Waals surface area contributed by atoms with Gasteiger partial charge in [0.15, 0.2) is 6.10 Å². The van der Waals surface area contributed by atoms with Crippen molar-refractivity contribution in [3.63, 3.8) is 0 Å². The number of nitrogens with two attached hydrogens (primary N) is 1. The average molecular weight is 420 g/mol. The third-order valence-corrected chi connectivity index (χ3v) is 4.42. The highest BCUT2D eigenvalue weighted by Gasteiger charge is 2.18. The minimum absolute atomic E-state index is 0.211. The topological polar surface area (TPSA) is 93.4 Å². The van der Waals surface area contributed by atoms with Gasteiger partial charge in [0.05, 0.1) is 10.5 Å². The molecule has 2 unspecified atom stereocenters. The fourth-order valence-electron chi connectivity index (χ4n) is 2.36. The fourth-order valence-corrected chi connectivity index (χ4v) is 2.94.